The zero-order valence-electron chi connectivity index (χ0n) is 11.2. The summed E-state index contributed by atoms with van der Waals surface area (Å²) in [5.74, 6) is 0. The lowest BCUT2D eigenvalue weighted by molar-refractivity contribution is 0.199. The Bertz CT molecular complexity index is 642. The van der Waals surface area contributed by atoms with Gasteiger partial charge in [0.25, 0.3) is 5.56 Å². The first-order chi connectivity index (χ1) is 9.22. The zero-order valence-corrected chi connectivity index (χ0v) is 12.1. The van der Waals surface area contributed by atoms with Crippen molar-refractivity contribution in [3.63, 3.8) is 0 Å². The second-order valence-electron chi connectivity index (χ2n) is 5.15. The number of nitrogens with two attached hydrogens (primary N) is 1. The third-order valence-corrected chi connectivity index (χ3v) is 3.55. The molecule has 1 aliphatic rings. The van der Waals surface area contributed by atoms with E-state index in [-0.39, 0.29) is 24.0 Å². The van der Waals surface area contributed by atoms with Crippen molar-refractivity contribution >= 4 is 18.1 Å². The van der Waals surface area contributed by atoms with E-state index in [4.69, 9.17) is 5.73 Å². The molecule has 3 rings (SSSR count). The Labute approximate surface area is 123 Å². The van der Waals surface area contributed by atoms with Gasteiger partial charge in [0.15, 0.2) is 0 Å². The number of pyridine rings is 1. The molecule has 0 unspecified atom stereocenters. The predicted molar refractivity (Wildman–Crippen MR) is 81.2 cm³/mol. The molecule has 0 saturated carbocycles. The summed E-state index contributed by atoms with van der Waals surface area (Å²) in [4.78, 5) is 18.8. The minimum absolute atomic E-state index is 0. The molecule has 0 bridgehead atoms. The molecule has 0 radical (unpaired) electrons. The Kier molecular flexibility index (Phi) is 4.75. The molecule has 2 aromatic rings. The molecule has 6 heteroatoms. The number of aromatic nitrogens is 2. The molecule has 108 valence electrons. The topological polar surface area (TPSA) is 63.6 Å². The van der Waals surface area contributed by atoms with Crippen molar-refractivity contribution in [2.45, 2.75) is 25.4 Å². The molecule has 1 fully saturated rings. The number of hydrogen-bond acceptors (Lipinski definition) is 4. The fourth-order valence-corrected chi connectivity index (χ4v) is 2.65. The fraction of sp³-hybridized carbons (Fsp3) is 0.429. The van der Waals surface area contributed by atoms with Crippen LogP contribution >= 0.6 is 12.4 Å². The highest BCUT2D eigenvalue weighted by Crippen LogP contribution is 2.11. The molecule has 2 N–H and O–H groups in total. The van der Waals surface area contributed by atoms with Crippen LogP contribution in [0.5, 0.6) is 0 Å². The first-order valence-electron chi connectivity index (χ1n) is 6.67. The first kappa shape index (κ1) is 15.0. The molecule has 0 aliphatic carbocycles. The molecule has 1 atom stereocenters. The van der Waals surface area contributed by atoms with Crippen LogP contribution in [0.4, 0.5) is 0 Å². The van der Waals surface area contributed by atoms with Crippen LogP contribution in [0.15, 0.2) is 35.3 Å². The van der Waals surface area contributed by atoms with Gasteiger partial charge in [-0.15, -0.1) is 12.4 Å². The average molecular weight is 295 g/mol. The quantitative estimate of drug-likeness (QED) is 0.899. The second-order valence-corrected chi connectivity index (χ2v) is 5.15. The SMILES string of the molecule is Cl.N[C@@H]1CCCN(Cc2cc(=O)n3ccccc3n2)C1. The molecular weight excluding hydrogens is 276 g/mol. The van der Waals surface area contributed by atoms with Crippen molar-refractivity contribution in [1.29, 1.82) is 0 Å². The number of hydrogen-bond donors (Lipinski definition) is 1. The molecule has 2 aromatic heterocycles. The van der Waals surface area contributed by atoms with E-state index in [1.165, 1.54) is 0 Å². The lowest BCUT2D eigenvalue weighted by atomic mass is 10.1. The van der Waals surface area contributed by atoms with Gasteiger partial charge in [-0.3, -0.25) is 14.1 Å². The van der Waals surface area contributed by atoms with Gasteiger partial charge in [0.1, 0.15) is 5.65 Å². The van der Waals surface area contributed by atoms with Crippen molar-refractivity contribution in [3.8, 4) is 0 Å². The highest BCUT2D eigenvalue weighted by molar-refractivity contribution is 5.85. The maximum Gasteiger partial charge on any atom is 0.258 e. The van der Waals surface area contributed by atoms with Crippen LogP contribution in [0.1, 0.15) is 18.5 Å². The Morgan fingerprint density at radius 2 is 2.25 bits per heavy atom. The molecular formula is C14H19ClN4O. The van der Waals surface area contributed by atoms with Gasteiger partial charge in [0.2, 0.25) is 0 Å². The minimum Gasteiger partial charge on any atom is -0.327 e. The number of nitrogens with zero attached hydrogens (tertiary/aromatic N) is 3. The maximum atomic E-state index is 12.0. The van der Waals surface area contributed by atoms with Gasteiger partial charge in [0, 0.05) is 31.4 Å². The maximum absolute atomic E-state index is 12.0. The first-order valence-corrected chi connectivity index (χ1v) is 6.67. The smallest absolute Gasteiger partial charge is 0.258 e. The summed E-state index contributed by atoms with van der Waals surface area (Å²) in [6.07, 6.45) is 3.95. The van der Waals surface area contributed by atoms with Gasteiger partial charge in [-0.2, -0.15) is 0 Å². The van der Waals surface area contributed by atoms with Crippen molar-refractivity contribution < 1.29 is 0 Å². The fourth-order valence-electron chi connectivity index (χ4n) is 2.65. The summed E-state index contributed by atoms with van der Waals surface area (Å²) in [6.45, 7) is 2.62. The lowest BCUT2D eigenvalue weighted by Crippen LogP contribution is -2.42. The van der Waals surface area contributed by atoms with Crippen LogP contribution in [0.25, 0.3) is 5.65 Å². The zero-order chi connectivity index (χ0) is 13.2. The van der Waals surface area contributed by atoms with Crippen LogP contribution in [-0.4, -0.2) is 33.4 Å². The Hall–Kier alpha value is -1.43. The summed E-state index contributed by atoms with van der Waals surface area (Å²) in [7, 11) is 0. The Morgan fingerprint density at radius 3 is 3.05 bits per heavy atom. The van der Waals surface area contributed by atoms with Crippen molar-refractivity contribution in [2.24, 2.45) is 5.73 Å². The van der Waals surface area contributed by atoms with Crippen LogP contribution < -0.4 is 11.3 Å². The van der Waals surface area contributed by atoms with E-state index in [0.717, 1.165) is 31.6 Å². The Morgan fingerprint density at radius 1 is 1.40 bits per heavy atom. The van der Waals surface area contributed by atoms with E-state index in [0.29, 0.717) is 12.2 Å². The number of likely N-dealkylation sites (tertiary alicyclic amines) is 1. The molecule has 20 heavy (non-hydrogen) atoms. The van der Waals surface area contributed by atoms with Crippen molar-refractivity contribution in [3.05, 3.63) is 46.5 Å². The molecule has 0 spiro atoms. The van der Waals surface area contributed by atoms with Crippen molar-refractivity contribution in [2.75, 3.05) is 13.1 Å². The van der Waals surface area contributed by atoms with E-state index in [1.54, 1.807) is 16.7 Å². The predicted octanol–water partition coefficient (Wildman–Crippen LogP) is 1.04. The molecule has 0 amide bonds. The van der Waals surface area contributed by atoms with Crippen LogP contribution in [-0.2, 0) is 6.54 Å². The summed E-state index contributed by atoms with van der Waals surface area (Å²) in [6, 6.07) is 7.44. The van der Waals surface area contributed by atoms with Crippen LogP contribution in [0.3, 0.4) is 0 Å². The summed E-state index contributed by atoms with van der Waals surface area (Å²) < 4.78 is 1.56. The van der Waals surface area contributed by atoms with E-state index in [9.17, 15) is 4.79 Å². The number of piperidine rings is 1. The molecule has 0 aromatic carbocycles. The monoisotopic (exact) mass is 294 g/mol. The van der Waals surface area contributed by atoms with Gasteiger partial charge >= 0.3 is 0 Å². The number of fused-ring (bicyclic) bond motifs is 1. The molecule has 1 aliphatic heterocycles. The second kappa shape index (κ2) is 6.35. The summed E-state index contributed by atoms with van der Waals surface area (Å²) in [5, 5.41) is 0. The van der Waals surface area contributed by atoms with Gasteiger partial charge in [0.05, 0.1) is 5.69 Å². The summed E-state index contributed by atoms with van der Waals surface area (Å²) in [5.41, 5.74) is 7.47. The minimum atomic E-state index is -0.0260. The third kappa shape index (κ3) is 3.17. The van der Waals surface area contributed by atoms with Gasteiger partial charge in [-0.05, 0) is 31.5 Å². The molecule has 3 heterocycles. The highest BCUT2D eigenvalue weighted by Gasteiger charge is 2.17. The van der Waals surface area contributed by atoms with E-state index < -0.39 is 0 Å². The standard InChI is InChI=1S/C14H18N4O.ClH/c15-11-4-3-6-17(9-11)10-12-8-14(19)18-7-2-1-5-13(18)16-12;/h1-2,5,7-8,11H,3-4,6,9-10,15H2;1H/t11-;/m1./s1. The van der Waals surface area contributed by atoms with E-state index in [1.807, 2.05) is 18.2 Å². The number of rotatable bonds is 2. The molecule has 1 saturated heterocycles. The average Bonchev–Trinajstić information content (AvgIpc) is 2.39. The van der Waals surface area contributed by atoms with Crippen LogP contribution in [0.2, 0.25) is 0 Å². The van der Waals surface area contributed by atoms with Crippen molar-refractivity contribution in [1.82, 2.24) is 14.3 Å². The van der Waals surface area contributed by atoms with Gasteiger partial charge < -0.3 is 5.73 Å². The summed E-state index contributed by atoms with van der Waals surface area (Å²) >= 11 is 0. The van der Waals surface area contributed by atoms with Gasteiger partial charge in [-0.1, -0.05) is 6.07 Å². The highest BCUT2D eigenvalue weighted by atomic mass is 35.5. The number of halogens is 1. The van der Waals surface area contributed by atoms with E-state index >= 15 is 0 Å². The lowest BCUT2D eigenvalue weighted by Gasteiger charge is -2.30. The Balaban J connectivity index is 0.00000147. The normalized spacial score (nSPS) is 19.8. The van der Waals surface area contributed by atoms with Crippen LogP contribution in [0, 0.1) is 0 Å². The van der Waals surface area contributed by atoms with Gasteiger partial charge in [-0.25, -0.2) is 4.98 Å². The largest absolute Gasteiger partial charge is 0.327 e. The molecule has 5 nitrogen and oxygen atoms in total. The third-order valence-electron chi connectivity index (χ3n) is 3.55. The van der Waals surface area contributed by atoms with E-state index in [2.05, 4.69) is 9.88 Å².